The fraction of sp³-hybridized carbons (Fsp3) is 0.583. The van der Waals surface area contributed by atoms with E-state index in [1.54, 1.807) is 4.90 Å². The number of hydrogen-bond acceptors (Lipinski definition) is 5. The van der Waals surface area contributed by atoms with Crippen LogP contribution in [0.15, 0.2) is 11.8 Å². The molecule has 1 aliphatic heterocycles. The van der Waals surface area contributed by atoms with Crippen molar-refractivity contribution < 1.29 is 14.3 Å². The molecule has 0 aromatic carbocycles. The van der Waals surface area contributed by atoms with E-state index in [-0.39, 0.29) is 30.5 Å². The third-order valence-electron chi connectivity index (χ3n) is 2.71. The molecule has 1 heterocycles. The Morgan fingerprint density at radius 2 is 2.11 bits per heavy atom. The molecule has 1 rings (SSSR count). The Labute approximate surface area is 112 Å². The van der Waals surface area contributed by atoms with Gasteiger partial charge in [0.1, 0.15) is 11.6 Å². The minimum absolute atomic E-state index is 0.0643. The first kappa shape index (κ1) is 15.1. The van der Waals surface area contributed by atoms with Crippen LogP contribution in [0.3, 0.4) is 0 Å². The van der Waals surface area contributed by atoms with Crippen molar-refractivity contribution in [2.75, 3.05) is 39.4 Å². The van der Waals surface area contributed by atoms with Crippen LogP contribution in [0.4, 0.5) is 0 Å². The summed E-state index contributed by atoms with van der Waals surface area (Å²) in [6.45, 7) is 3.73. The standard InChI is InChI=1S/C12H18N4O3/c1-10(17)16(3-2-13)9-11(8-14)12(18)15-4-6-19-7-5-15/h9H,2-7,13H2,1H3/b11-9-. The number of nitrogens with two attached hydrogens (primary N) is 1. The minimum atomic E-state index is -0.380. The predicted molar refractivity (Wildman–Crippen MR) is 67.5 cm³/mol. The zero-order valence-electron chi connectivity index (χ0n) is 11.0. The molecule has 2 amide bonds. The SMILES string of the molecule is CC(=O)N(/C=C(/C#N)C(=O)N1CCOCC1)CCN. The molecule has 0 aliphatic carbocycles. The van der Waals surface area contributed by atoms with Crippen molar-refractivity contribution >= 4 is 11.8 Å². The molecule has 2 N–H and O–H groups in total. The van der Waals surface area contributed by atoms with Gasteiger partial charge in [-0.2, -0.15) is 5.26 Å². The summed E-state index contributed by atoms with van der Waals surface area (Å²) < 4.78 is 5.14. The fourth-order valence-corrected chi connectivity index (χ4v) is 1.68. The van der Waals surface area contributed by atoms with Crippen molar-refractivity contribution in [3.05, 3.63) is 11.8 Å². The van der Waals surface area contributed by atoms with Gasteiger partial charge in [-0.05, 0) is 0 Å². The lowest BCUT2D eigenvalue weighted by molar-refractivity contribution is -0.130. The summed E-state index contributed by atoms with van der Waals surface area (Å²) in [5.74, 6) is -0.637. The highest BCUT2D eigenvalue weighted by molar-refractivity contribution is 5.97. The maximum absolute atomic E-state index is 12.1. The summed E-state index contributed by atoms with van der Waals surface area (Å²) >= 11 is 0. The van der Waals surface area contributed by atoms with E-state index in [4.69, 9.17) is 15.7 Å². The molecule has 7 nitrogen and oxygen atoms in total. The molecule has 0 unspecified atom stereocenters. The van der Waals surface area contributed by atoms with Gasteiger partial charge in [-0.1, -0.05) is 0 Å². The molecule has 7 heteroatoms. The number of morpholine rings is 1. The molecule has 0 radical (unpaired) electrons. The summed E-state index contributed by atoms with van der Waals surface area (Å²) in [5, 5.41) is 9.06. The van der Waals surface area contributed by atoms with Gasteiger partial charge in [0.05, 0.1) is 13.2 Å². The highest BCUT2D eigenvalue weighted by Gasteiger charge is 2.21. The predicted octanol–water partition coefficient (Wildman–Crippen LogP) is -0.940. The van der Waals surface area contributed by atoms with Gasteiger partial charge in [0, 0.05) is 39.3 Å². The van der Waals surface area contributed by atoms with Crippen LogP contribution in [0.2, 0.25) is 0 Å². The first-order valence-corrected chi connectivity index (χ1v) is 6.06. The number of carbonyl (C=O) groups is 2. The summed E-state index contributed by atoms with van der Waals surface area (Å²) in [6, 6.07) is 1.84. The zero-order chi connectivity index (χ0) is 14.3. The van der Waals surface area contributed by atoms with Crippen LogP contribution in [0.25, 0.3) is 0 Å². The Morgan fingerprint density at radius 3 is 2.58 bits per heavy atom. The number of nitrogens with zero attached hydrogens (tertiary/aromatic N) is 3. The second-order valence-electron chi connectivity index (χ2n) is 4.06. The second-order valence-corrected chi connectivity index (χ2v) is 4.06. The van der Waals surface area contributed by atoms with E-state index in [9.17, 15) is 9.59 Å². The first-order chi connectivity index (χ1) is 9.10. The van der Waals surface area contributed by atoms with E-state index in [1.807, 2.05) is 6.07 Å². The summed E-state index contributed by atoms with van der Waals surface area (Å²) in [7, 11) is 0. The molecule has 1 saturated heterocycles. The van der Waals surface area contributed by atoms with Gasteiger partial charge in [-0.25, -0.2) is 0 Å². The third kappa shape index (κ3) is 4.35. The van der Waals surface area contributed by atoms with Crippen LogP contribution in [0.1, 0.15) is 6.92 Å². The van der Waals surface area contributed by atoms with Crippen molar-refractivity contribution in [3.63, 3.8) is 0 Å². The quantitative estimate of drug-likeness (QED) is 0.523. The Kier molecular flexibility index (Phi) is 5.99. The van der Waals surface area contributed by atoms with Crippen LogP contribution in [-0.2, 0) is 14.3 Å². The van der Waals surface area contributed by atoms with E-state index >= 15 is 0 Å². The fourth-order valence-electron chi connectivity index (χ4n) is 1.68. The zero-order valence-corrected chi connectivity index (χ0v) is 11.0. The number of carbonyl (C=O) groups excluding carboxylic acids is 2. The Morgan fingerprint density at radius 1 is 1.47 bits per heavy atom. The van der Waals surface area contributed by atoms with Gasteiger partial charge < -0.3 is 20.3 Å². The van der Waals surface area contributed by atoms with Crippen molar-refractivity contribution in [2.45, 2.75) is 6.92 Å². The van der Waals surface area contributed by atoms with Gasteiger partial charge in [-0.15, -0.1) is 0 Å². The van der Waals surface area contributed by atoms with E-state index in [2.05, 4.69) is 0 Å². The monoisotopic (exact) mass is 266 g/mol. The van der Waals surface area contributed by atoms with Crippen LogP contribution in [0, 0.1) is 11.3 Å². The Balaban J connectivity index is 2.82. The number of nitriles is 1. The van der Waals surface area contributed by atoms with Crippen LogP contribution in [0.5, 0.6) is 0 Å². The van der Waals surface area contributed by atoms with Gasteiger partial charge in [0.15, 0.2) is 0 Å². The summed E-state index contributed by atoms with van der Waals surface area (Å²) in [4.78, 5) is 26.3. The first-order valence-electron chi connectivity index (χ1n) is 6.06. The molecule has 1 fully saturated rings. The van der Waals surface area contributed by atoms with Crippen LogP contribution >= 0.6 is 0 Å². The number of rotatable bonds is 4. The van der Waals surface area contributed by atoms with Crippen molar-refractivity contribution in [1.29, 1.82) is 5.26 Å². The highest BCUT2D eigenvalue weighted by Crippen LogP contribution is 2.06. The van der Waals surface area contributed by atoms with Crippen LogP contribution in [-0.4, -0.2) is 61.0 Å². The molecular weight excluding hydrogens is 248 g/mol. The van der Waals surface area contributed by atoms with Gasteiger partial charge in [0.25, 0.3) is 5.91 Å². The Hall–Kier alpha value is -1.91. The number of ether oxygens (including phenoxy) is 1. The Bertz CT molecular complexity index is 408. The van der Waals surface area contributed by atoms with Crippen molar-refractivity contribution in [3.8, 4) is 6.07 Å². The molecule has 19 heavy (non-hydrogen) atoms. The molecule has 0 saturated carbocycles. The van der Waals surface area contributed by atoms with Gasteiger partial charge in [0.2, 0.25) is 5.91 Å². The van der Waals surface area contributed by atoms with Gasteiger partial charge in [-0.3, -0.25) is 9.59 Å². The largest absolute Gasteiger partial charge is 0.378 e. The average molecular weight is 266 g/mol. The maximum atomic E-state index is 12.1. The smallest absolute Gasteiger partial charge is 0.266 e. The lowest BCUT2D eigenvalue weighted by Crippen LogP contribution is -2.41. The third-order valence-corrected chi connectivity index (χ3v) is 2.71. The van der Waals surface area contributed by atoms with E-state index in [0.29, 0.717) is 26.3 Å². The molecule has 0 atom stereocenters. The molecular formula is C12H18N4O3. The number of amides is 2. The normalized spacial score (nSPS) is 15.8. The molecule has 1 aliphatic rings. The van der Waals surface area contributed by atoms with E-state index in [1.165, 1.54) is 18.0 Å². The van der Waals surface area contributed by atoms with Crippen molar-refractivity contribution in [2.24, 2.45) is 5.73 Å². The average Bonchev–Trinajstić information content (AvgIpc) is 2.43. The van der Waals surface area contributed by atoms with Crippen molar-refractivity contribution in [1.82, 2.24) is 9.80 Å². The minimum Gasteiger partial charge on any atom is -0.378 e. The lowest BCUT2D eigenvalue weighted by atomic mass is 10.2. The molecule has 0 spiro atoms. The second kappa shape index (κ2) is 7.51. The van der Waals surface area contributed by atoms with E-state index < -0.39 is 0 Å². The summed E-state index contributed by atoms with van der Waals surface area (Å²) in [6.07, 6.45) is 1.27. The van der Waals surface area contributed by atoms with E-state index in [0.717, 1.165) is 0 Å². The van der Waals surface area contributed by atoms with Gasteiger partial charge >= 0.3 is 0 Å². The maximum Gasteiger partial charge on any atom is 0.266 e. The topological polar surface area (TPSA) is 99.7 Å². The number of hydrogen-bond donors (Lipinski definition) is 1. The molecule has 0 aromatic heterocycles. The lowest BCUT2D eigenvalue weighted by Gasteiger charge is -2.27. The summed E-state index contributed by atoms with van der Waals surface area (Å²) in [5.41, 5.74) is 5.32. The molecule has 104 valence electrons. The van der Waals surface area contributed by atoms with Crippen LogP contribution < -0.4 is 5.73 Å². The molecule has 0 aromatic rings. The highest BCUT2D eigenvalue weighted by atomic mass is 16.5. The molecule has 0 bridgehead atoms.